The van der Waals surface area contributed by atoms with Crippen molar-refractivity contribution in [2.24, 2.45) is 0 Å². The molecule has 1 aromatic heterocycles. The lowest BCUT2D eigenvalue weighted by Crippen LogP contribution is -2.06. The van der Waals surface area contributed by atoms with Gasteiger partial charge in [-0.1, -0.05) is 0 Å². The van der Waals surface area contributed by atoms with Gasteiger partial charge in [0.05, 0.1) is 16.3 Å². The van der Waals surface area contributed by atoms with Crippen LogP contribution in [0.15, 0.2) is 28.1 Å². The highest BCUT2D eigenvalue weighted by molar-refractivity contribution is 9.10. The SMILES string of the molecule is Cc1nc(CCNc2ccc(C(=O)O)c(Br)c2)cs1. The van der Waals surface area contributed by atoms with E-state index in [0.29, 0.717) is 4.47 Å². The van der Waals surface area contributed by atoms with Crippen LogP contribution in [-0.4, -0.2) is 22.6 Å². The Morgan fingerprint density at radius 1 is 1.53 bits per heavy atom. The summed E-state index contributed by atoms with van der Waals surface area (Å²) in [6.07, 6.45) is 0.850. The lowest BCUT2D eigenvalue weighted by Gasteiger charge is -2.07. The first-order chi connectivity index (χ1) is 9.06. The molecule has 0 aliphatic rings. The third-order valence-corrected chi connectivity index (χ3v) is 4.05. The van der Waals surface area contributed by atoms with Crippen LogP contribution in [0.2, 0.25) is 0 Å². The van der Waals surface area contributed by atoms with Crippen LogP contribution in [0.4, 0.5) is 5.69 Å². The Morgan fingerprint density at radius 2 is 2.32 bits per heavy atom. The van der Waals surface area contributed by atoms with Crippen molar-refractivity contribution in [1.82, 2.24) is 4.98 Å². The standard InChI is InChI=1S/C13H13BrN2O2S/c1-8-16-10(7-19-8)4-5-15-9-2-3-11(13(17)18)12(14)6-9/h2-3,6-7,15H,4-5H2,1H3,(H,17,18). The fourth-order valence-corrected chi connectivity index (χ4v) is 2.85. The quantitative estimate of drug-likeness (QED) is 0.873. The summed E-state index contributed by atoms with van der Waals surface area (Å²) in [5.41, 5.74) is 2.24. The van der Waals surface area contributed by atoms with Crippen LogP contribution in [0.3, 0.4) is 0 Å². The summed E-state index contributed by atoms with van der Waals surface area (Å²) in [6, 6.07) is 5.12. The number of hydrogen-bond donors (Lipinski definition) is 2. The van der Waals surface area contributed by atoms with E-state index in [0.717, 1.165) is 29.4 Å². The Labute approximate surface area is 123 Å². The molecule has 0 bridgehead atoms. The van der Waals surface area contributed by atoms with Crippen molar-refractivity contribution in [2.75, 3.05) is 11.9 Å². The largest absolute Gasteiger partial charge is 0.478 e. The minimum Gasteiger partial charge on any atom is -0.478 e. The summed E-state index contributed by atoms with van der Waals surface area (Å²) >= 11 is 4.90. The number of hydrogen-bond acceptors (Lipinski definition) is 4. The first-order valence-corrected chi connectivity index (χ1v) is 7.41. The first-order valence-electron chi connectivity index (χ1n) is 5.74. The van der Waals surface area contributed by atoms with Crippen LogP contribution < -0.4 is 5.32 Å². The van der Waals surface area contributed by atoms with Gasteiger partial charge in [-0.2, -0.15) is 0 Å². The van der Waals surface area contributed by atoms with E-state index in [2.05, 4.69) is 31.6 Å². The number of nitrogens with zero attached hydrogens (tertiary/aromatic N) is 1. The number of thiazole rings is 1. The third kappa shape index (κ3) is 3.78. The van der Waals surface area contributed by atoms with E-state index in [1.807, 2.05) is 6.92 Å². The molecule has 0 unspecified atom stereocenters. The summed E-state index contributed by atoms with van der Waals surface area (Å²) in [7, 11) is 0. The van der Waals surface area contributed by atoms with E-state index in [1.54, 1.807) is 29.5 Å². The number of anilines is 1. The van der Waals surface area contributed by atoms with Gasteiger partial charge in [0, 0.05) is 28.5 Å². The molecule has 1 heterocycles. The molecule has 0 saturated heterocycles. The molecule has 0 aliphatic heterocycles. The maximum atomic E-state index is 10.9. The van der Waals surface area contributed by atoms with Gasteiger partial charge in [-0.05, 0) is 41.1 Å². The Balaban J connectivity index is 1.93. The number of aromatic carboxylic acids is 1. The predicted molar refractivity (Wildman–Crippen MR) is 80.1 cm³/mol. The van der Waals surface area contributed by atoms with Gasteiger partial charge in [-0.15, -0.1) is 11.3 Å². The van der Waals surface area contributed by atoms with Gasteiger partial charge in [-0.25, -0.2) is 9.78 Å². The zero-order valence-corrected chi connectivity index (χ0v) is 12.7. The summed E-state index contributed by atoms with van der Waals surface area (Å²) < 4.78 is 0.578. The second-order valence-corrected chi connectivity index (χ2v) is 5.95. The Bertz CT molecular complexity index is 598. The molecular formula is C13H13BrN2O2S. The van der Waals surface area contributed by atoms with Gasteiger partial charge in [0.25, 0.3) is 0 Å². The fourth-order valence-electron chi connectivity index (χ4n) is 1.66. The average Bonchev–Trinajstić information content (AvgIpc) is 2.75. The maximum Gasteiger partial charge on any atom is 0.336 e. The van der Waals surface area contributed by atoms with Crippen molar-refractivity contribution in [3.63, 3.8) is 0 Å². The smallest absolute Gasteiger partial charge is 0.336 e. The number of rotatable bonds is 5. The van der Waals surface area contributed by atoms with Crippen molar-refractivity contribution in [3.05, 3.63) is 44.3 Å². The minimum atomic E-state index is -0.934. The van der Waals surface area contributed by atoms with Crippen LogP contribution in [0.5, 0.6) is 0 Å². The topological polar surface area (TPSA) is 62.2 Å². The van der Waals surface area contributed by atoms with E-state index >= 15 is 0 Å². The molecule has 4 nitrogen and oxygen atoms in total. The van der Waals surface area contributed by atoms with E-state index in [1.165, 1.54) is 0 Å². The van der Waals surface area contributed by atoms with Crippen LogP contribution >= 0.6 is 27.3 Å². The van der Waals surface area contributed by atoms with Gasteiger partial charge >= 0.3 is 5.97 Å². The van der Waals surface area contributed by atoms with Crippen molar-refractivity contribution in [3.8, 4) is 0 Å². The molecule has 6 heteroatoms. The molecule has 2 N–H and O–H groups in total. The molecule has 2 aromatic rings. The third-order valence-electron chi connectivity index (χ3n) is 2.58. The Hall–Kier alpha value is -1.40. The van der Waals surface area contributed by atoms with Crippen molar-refractivity contribution < 1.29 is 9.90 Å². The molecule has 0 aliphatic carbocycles. The Kier molecular flexibility index (Phi) is 4.55. The molecule has 0 fully saturated rings. The zero-order chi connectivity index (χ0) is 13.8. The highest BCUT2D eigenvalue weighted by atomic mass is 79.9. The lowest BCUT2D eigenvalue weighted by atomic mass is 10.2. The molecule has 0 amide bonds. The summed E-state index contributed by atoms with van der Waals surface area (Å²) in [6.45, 7) is 2.76. The Morgan fingerprint density at radius 3 is 2.89 bits per heavy atom. The number of aromatic nitrogens is 1. The molecule has 0 atom stereocenters. The van der Waals surface area contributed by atoms with Crippen LogP contribution in [0.25, 0.3) is 0 Å². The molecule has 19 heavy (non-hydrogen) atoms. The number of carboxylic acids is 1. The van der Waals surface area contributed by atoms with Crippen LogP contribution in [0.1, 0.15) is 21.1 Å². The van der Waals surface area contributed by atoms with Crippen molar-refractivity contribution in [2.45, 2.75) is 13.3 Å². The molecule has 100 valence electrons. The van der Waals surface area contributed by atoms with E-state index in [-0.39, 0.29) is 5.56 Å². The van der Waals surface area contributed by atoms with Gasteiger partial charge in [0.2, 0.25) is 0 Å². The minimum absolute atomic E-state index is 0.265. The lowest BCUT2D eigenvalue weighted by molar-refractivity contribution is 0.0696. The van der Waals surface area contributed by atoms with Gasteiger partial charge < -0.3 is 10.4 Å². The first kappa shape index (κ1) is 14.0. The van der Waals surface area contributed by atoms with Gasteiger partial charge in [0.15, 0.2) is 0 Å². The molecule has 0 saturated carbocycles. The van der Waals surface area contributed by atoms with Crippen molar-refractivity contribution in [1.29, 1.82) is 0 Å². The van der Waals surface area contributed by atoms with Crippen LogP contribution in [0, 0.1) is 6.92 Å². The fraction of sp³-hybridized carbons (Fsp3) is 0.231. The summed E-state index contributed by atoms with van der Waals surface area (Å²) in [4.78, 5) is 15.3. The number of nitrogens with one attached hydrogen (secondary N) is 1. The molecular weight excluding hydrogens is 328 g/mol. The molecule has 1 aromatic carbocycles. The molecule has 2 rings (SSSR count). The van der Waals surface area contributed by atoms with E-state index in [9.17, 15) is 4.79 Å². The number of carboxylic acid groups (broad SMARTS) is 1. The number of aryl methyl sites for hydroxylation is 1. The highest BCUT2D eigenvalue weighted by Gasteiger charge is 2.08. The number of benzene rings is 1. The highest BCUT2D eigenvalue weighted by Crippen LogP contribution is 2.21. The second-order valence-electron chi connectivity index (χ2n) is 4.03. The van der Waals surface area contributed by atoms with Crippen molar-refractivity contribution >= 4 is 38.9 Å². The van der Waals surface area contributed by atoms with E-state index < -0.39 is 5.97 Å². The normalized spacial score (nSPS) is 10.4. The second kappa shape index (κ2) is 6.16. The molecule has 0 radical (unpaired) electrons. The predicted octanol–water partition coefficient (Wildman–Crippen LogP) is 3.57. The average molecular weight is 341 g/mol. The summed E-state index contributed by atoms with van der Waals surface area (Å²) in [5, 5.41) is 15.3. The van der Waals surface area contributed by atoms with E-state index in [4.69, 9.17) is 5.11 Å². The summed E-state index contributed by atoms with van der Waals surface area (Å²) in [5.74, 6) is -0.934. The van der Waals surface area contributed by atoms with Gasteiger partial charge in [0.1, 0.15) is 0 Å². The number of carbonyl (C=O) groups is 1. The van der Waals surface area contributed by atoms with Gasteiger partial charge in [-0.3, -0.25) is 0 Å². The molecule has 0 spiro atoms. The monoisotopic (exact) mass is 340 g/mol. The maximum absolute atomic E-state index is 10.9. The number of halogens is 1. The zero-order valence-electron chi connectivity index (χ0n) is 10.3. The van der Waals surface area contributed by atoms with Crippen LogP contribution in [-0.2, 0) is 6.42 Å².